The average Bonchev–Trinajstić information content (AvgIpc) is 2.92. The average molecular weight is 295 g/mol. The fourth-order valence-corrected chi connectivity index (χ4v) is 3.38. The molecular formula is C16H23ClN2O. The van der Waals surface area contributed by atoms with Gasteiger partial charge in [0.05, 0.1) is 6.61 Å². The summed E-state index contributed by atoms with van der Waals surface area (Å²) in [5.41, 5.74) is 2.45. The zero-order valence-electron chi connectivity index (χ0n) is 12.0. The summed E-state index contributed by atoms with van der Waals surface area (Å²) in [6.07, 6.45) is 5.10. The molecular weight excluding hydrogens is 272 g/mol. The van der Waals surface area contributed by atoms with Crippen LogP contribution in [0.5, 0.6) is 5.75 Å². The minimum absolute atomic E-state index is 0.788. The van der Waals surface area contributed by atoms with Gasteiger partial charge in [0, 0.05) is 36.6 Å². The Morgan fingerprint density at radius 2 is 2.05 bits per heavy atom. The quantitative estimate of drug-likeness (QED) is 0.845. The molecule has 110 valence electrons. The molecule has 20 heavy (non-hydrogen) atoms. The Morgan fingerprint density at radius 1 is 1.20 bits per heavy atom. The number of likely N-dealkylation sites (tertiary alicyclic amines) is 1. The molecule has 3 rings (SSSR count). The van der Waals surface area contributed by atoms with Gasteiger partial charge in [-0.1, -0.05) is 18.0 Å². The molecule has 0 radical (unpaired) electrons. The van der Waals surface area contributed by atoms with E-state index < -0.39 is 0 Å². The van der Waals surface area contributed by atoms with Crippen molar-refractivity contribution in [1.82, 2.24) is 10.2 Å². The van der Waals surface area contributed by atoms with Crippen molar-refractivity contribution in [2.75, 3.05) is 32.8 Å². The van der Waals surface area contributed by atoms with Crippen LogP contribution in [-0.4, -0.2) is 37.7 Å². The molecule has 0 aromatic heterocycles. The van der Waals surface area contributed by atoms with Gasteiger partial charge in [0.1, 0.15) is 5.75 Å². The van der Waals surface area contributed by atoms with E-state index in [0.29, 0.717) is 0 Å². The Labute approximate surface area is 126 Å². The van der Waals surface area contributed by atoms with Gasteiger partial charge in [-0.2, -0.15) is 0 Å². The second-order valence-electron chi connectivity index (χ2n) is 5.73. The van der Waals surface area contributed by atoms with E-state index in [-0.39, 0.29) is 0 Å². The monoisotopic (exact) mass is 294 g/mol. The van der Waals surface area contributed by atoms with Crippen molar-refractivity contribution in [1.29, 1.82) is 0 Å². The van der Waals surface area contributed by atoms with Gasteiger partial charge in [0.25, 0.3) is 0 Å². The molecule has 1 aromatic carbocycles. The topological polar surface area (TPSA) is 24.5 Å². The second-order valence-corrected chi connectivity index (χ2v) is 6.17. The van der Waals surface area contributed by atoms with Crippen LogP contribution in [0.1, 0.15) is 30.4 Å². The normalized spacial score (nSPS) is 18.9. The first kappa shape index (κ1) is 14.2. The number of nitrogens with zero attached hydrogens (tertiary/aromatic N) is 1. The molecule has 1 aromatic rings. The highest BCUT2D eigenvalue weighted by Gasteiger charge is 2.17. The highest BCUT2D eigenvalue weighted by Crippen LogP contribution is 2.32. The first-order chi connectivity index (χ1) is 9.83. The fourth-order valence-electron chi connectivity index (χ4n) is 3.12. The Bertz CT molecular complexity index is 458. The van der Waals surface area contributed by atoms with Crippen LogP contribution >= 0.6 is 11.6 Å². The van der Waals surface area contributed by atoms with Gasteiger partial charge in [0.2, 0.25) is 0 Å². The van der Waals surface area contributed by atoms with Crippen molar-refractivity contribution in [2.24, 2.45) is 0 Å². The van der Waals surface area contributed by atoms with Gasteiger partial charge >= 0.3 is 0 Å². The van der Waals surface area contributed by atoms with Crippen LogP contribution in [0.15, 0.2) is 12.1 Å². The number of piperidine rings is 1. The Kier molecular flexibility index (Phi) is 4.81. The maximum absolute atomic E-state index is 6.17. The third-order valence-electron chi connectivity index (χ3n) is 4.19. The fraction of sp³-hybridized carbons (Fsp3) is 0.625. The largest absolute Gasteiger partial charge is 0.493 e. The smallest absolute Gasteiger partial charge is 0.127 e. The molecule has 4 heteroatoms. The number of rotatable bonds is 5. The Balaban J connectivity index is 1.49. The van der Waals surface area contributed by atoms with Gasteiger partial charge in [-0.25, -0.2) is 0 Å². The number of ether oxygens (including phenoxy) is 1. The van der Waals surface area contributed by atoms with Crippen LogP contribution < -0.4 is 10.1 Å². The number of halogens is 1. The van der Waals surface area contributed by atoms with Gasteiger partial charge in [0.15, 0.2) is 0 Å². The van der Waals surface area contributed by atoms with Crippen molar-refractivity contribution < 1.29 is 4.74 Å². The molecule has 0 spiro atoms. The molecule has 2 aliphatic rings. The summed E-state index contributed by atoms with van der Waals surface area (Å²) in [6.45, 7) is 6.33. The lowest BCUT2D eigenvalue weighted by Crippen LogP contribution is -2.35. The molecule has 3 nitrogen and oxygen atoms in total. The van der Waals surface area contributed by atoms with Crippen LogP contribution in [0.4, 0.5) is 0 Å². The minimum Gasteiger partial charge on any atom is -0.493 e. The summed E-state index contributed by atoms with van der Waals surface area (Å²) in [7, 11) is 0. The number of hydrogen-bond donors (Lipinski definition) is 1. The maximum atomic E-state index is 6.17. The molecule has 0 atom stereocenters. The third-order valence-corrected chi connectivity index (χ3v) is 4.41. The Hall–Kier alpha value is -0.770. The third kappa shape index (κ3) is 3.46. The molecule has 1 fully saturated rings. The van der Waals surface area contributed by atoms with Gasteiger partial charge in [-0.05, 0) is 43.6 Å². The van der Waals surface area contributed by atoms with E-state index in [0.717, 1.165) is 43.4 Å². The van der Waals surface area contributed by atoms with Crippen molar-refractivity contribution in [2.45, 2.75) is 32.2 Å². The Morgan fingerprint density at radius 3 is 2.90 bits per heavy atom. The first-order valence-corrected chi connectivity index (χ1v) is 8.08. The summed E-state index contributed by atoms with van der Waals surface area (Å²) >= 11 is 6.17. The first-order valence-electron chi connectivity index (χ1n) is 7.70. The van der Waals surface area contributed by atoms with Gasteiger partial charge in [-0.3, -0.25) is 0 Å². The predicted octanol–water partition coefficient (Wildman–Crippen LogP) is 2.85. The van der Waals surface area contributed by atoms with E-state index >= 15 is 0 Å². The summed E-state index contributed by atoms with van der Waals surface area (Å²) < 4.78 is 5.72. The number of nitrogens with one attached hydrogen (secondary N) is 1. The lowest BCUT2D eigenvalue weighted by Gasteiger charge is -2.26. The standard InChI is InChI=1S/C16H23ClN2O/c17-15-10-13-4-9-20-16(13)14(11-15)12-18-5-8-19-6-2-1-3-7-19/h10-11,18H,1-9,12H2. The summed E-state index contributed by atoms with van der Waals surface area (Å²) in [5.74, 6) is 1.06. The van der Waals surface area contributed by atoms with E-state index in [4.69, 9.17) is 16.3 Å². The van der Waals surface area contributed by atoms with Crippen LogP contribution in [-0.2, 0) is 13.0 Å². The summed E-state index contributed by atoms with van der Waals surface area (Å²) in [5, 5.41) is 4.35. The van der Waals surface area contributed by atoms with Crippen LogP contribution in [0.2, 0.25) is 5.02 Å². The highest BCUT2D eigenvalue weighted by atomic mass is 35.5. The number of benzene rings is 1. The van der Waals surface area contributed by atoms with Crippen LogP contribution in [0.3, 0.4) is 0 Å². The molecule has 0 aliphatic carbocycles. The molecule has 1 saturated heterocycles. The second kappa shape index (κ2) is 6.79. The molecule has 0 saturated carbocycles. The number of hydrogen-bond acceptors (Lipinski definition) is 3. The maximum Gasteiger partial charge on any atom is 0.127 e. The molecule has 0 unspecified atom stereocenters. The molecule has 0 amide bonds. The van der Waals surface area contributed by atoms with Gasteiger partial charge < -0.3 is 15.0 Å². The lowest BCUT2D eigenvalue weighted by molar-refractivity contribution is 0.229. The molecule has 1 N–H and O–H groups in total. The lowest BCUT2D eigenvalue weighted by atomic mass is 10.1. The number of fused-ring (bicyclic) bond motifs is 1. The molecule has 2 aliphatic heterocycles. The van der Waals surface area contributed by atoms with Crippen molar-refractivity contribution in [3.05, 3.63) is 28.3 Å². The van der Waals surface area contributed by atoms with Crippen molar-refractivity contribution in [3.63, 3.8) is 0 Å². The summed E-state index contributed by atoms with van der Waals surface area (Å²) in [4.78, 5) is 2.55. The summed E-state index contributed by atoms with van der Waals surface area (Å²) in [6, 6.07) is 4.06. The van der Waals surface area contributed by atoms with Gasteiger partial charge in [-0.15, -0.1) is 0 Å². The van der Waals surface area contributed by atoms with Crippen LogP contribution in [0.25, 0.3) is 0 Å². The zero-order chi connectivity index (χ0) is 13.8. The zero-order valence-corrected chi connectivity index (χ0v) is 12.7. The molecule has 0 bridgehead atoms. The predicted molar refractivity (Wildman–Crippen MR) is 82.6 cm³/mol. The van der Waals surface area contributed by atoms with E-state index in [9.17, 15) is 0 Å². The van der Waals surface area contributed by atoms with E-state index in [1.807, 2.05) is 12.1 Å². The van der Waals surface area contributed by atoms with Crippen molar-refractivity contribution in [3.8, 4) is 5.75 Å². The minimum atomic E-state index is 0.788. The van der Waals surface area contributed by atoms with Crippen LogP contribution in [0, 0.1) is 0 Å². The SMILES string of the molecule is Clc1cc2c(c(CNCCN3CCCCC3)c1)OCC2. The van der Waals surface area contributed by atoms with Crippen molar-refractivity contribution >= 4 is 11.6 Å². The van der Waals surface area contributed by atoms with E-state index in [1.165, 1.54) is 43.5 Å². The molecule has 2 heterocycles. The van der Waals surface area contributed by atoms with E-state index in [2.05, 4.69) is 10.2 Å². The van der Waals surface area contributed by atoms with E-state index in [1.54, 1.807) is 0 Å². The highest BCUT2D eigenvalue weighted by molar-refractivity contribution is 6.30.